The number of benzene rings is 2. The molecule has 24 heavy (non-hydrogen) atoms. The Bertz CT molecular complexity index is 764. The van der Waals surface area contributed by atoms with Gasteiger partial charge < -0.3 is 10.1 Å². The van der Waals surface area contributed by atoms with Crippen LogP contribution in [0.1, 0.15) is 16.7 Å². The summed E-state index contributed by atoms with van der Waals surface area (Å²) in [4.78, 5) is 23.5. The van der Waals surface area contributed by atoms with Crippen molar-refractivity contribution in [3.63, 3.8) is 0 Å². The number of anilines is 1. The first-order valence-electron chi connectivity index (χ1n) is 7.43. The van der Waals surface area contributed by atoms with Crippen molar-refractivity contribution >= 4 is 23.6 Å². The number of esters is 1. The Morgan fingerprint density at radius 3 is 2.42 bits per heavy atom. The third-order valence-electron chi connectivity index (χ3n) is 3.40. The van der Waals surface area contributed by atoms with Crippen molar-refractivity contribution in [1.82, 2.24) is 0 Å². The van der Waals surface area contributed by atoms with Crippen LogP contribution in [-0.4, -0.2) is 18.5 Å². The summed E-state index contributed by atoms with van der Waals surface area (Å²) in [7, 11) is 0. The average Bonchev–Trinajstić information content (AvgIpc) is 2.56. The van der Waals surface area contributed by atoms with Gasteiger partial charge in [-0.25, -0.2) is 9.18 Å². The molecule has 2 aromatic carbocycles. The predicted molar refractivity (Wildman–Crippen MR) is 90.9 cm³/mol. The monoisotopic (exact) mass is 327 g/mol. The highest BCUT2D eigenvalue weighted by molar-refractivity contribution is 5.95. The Morgan fingerprint density at radius 2 is 1.75 bits per heavy atom. The molecule has 0 saturated heterocycles. The van der Waals surface area contributed by atoms with Gasteiger partial charge in [-0.05, 0) is 37.1 Å². The number of nitrogens with one attached hydrogen (secondary N) is 1. The fraction of sp³-hybridized carbons (Fsp3) is 0.158. The Hall–Kier alpha value is -2.95. The summed E-state index contributed by atoms with van der Waals surface area (Å²) in [6, 6.07) is 11.7. The first-order chi connectivity index (χ1) is 11.5. The van der Waals surface area contributed by atoms with E-state index in [1.54, 1.807) is 12.1 Å². The number of ether oxygens (including phenoxy) is 1. The summed E-state index contributed by atoms with van der Waals surface area (Å²) in [6.45, 7) is 3.35. The first kappa shape index (κ1) is 17.4. The van der Waals surface area contributed by atoms with Crippen LogP contribution in [0.2, 0.25) is 0 Å². The minimum atomic E-state index is -0.713. The lowest BCUT2D eigenvalue weighted by molar-refractivity contribution is -0.142. The van der Waals surface area contributed by atoms with E-state index in [1.807, 2.05) is 32.0 Å². The Balaban J connectivity index is 1.88. The lowest BCUT2D eigenvalue weighted by atomic mass is 10.1. The Morgan fingerprint density at radius 1 is 1.08 bits per heavy atom. The van der Waals surface area contributed by atoms with Crippen molar-refractivity contribution in [2.45, 2.75) is 13.8 Å². The minimum Gasteiger partial charge on any atom is -0.452 e. The molecule has 2 aromatic rings. The largest absolute Gasteiger partial charge is 0.452 e. The van der Waals surface area contributed by atoms with Crippen LogP contribution < -0.4 is 5.32 Å². The van der Waals surface area contributed by atoms with Crippen molar-refractivity contribution in [2.75, 3.05) is 11.9 Å². The standard InChI is InChI=1S/C19H18FNO3/c1-13-6-5-7-14(2)19(13)21-17(22)12-24-18(23)11-10-15-8-3-4-9-16(15)20/h3-11H,12H2,1-2H3,(H,21,22). The molecule has 0 aliphatic carbocycles. The molecular weight excluding hydrogens is 309 g/mol. The Kier molecular flexibility index (Phi) is 5.84. The van der Waals surface area contributed by atoms with E-state index >= 15 is 0 Å². The van der Waals surface area contributed by atoms with Crippen LogP contribution in [0.5, 0.6) is 0 Å². The maximum absolute atomic E-state index is 13.4. The maximum Gasteiger partial charge on any atom is 0.331 e. The molecule has 1 N–H and O–H groups in total. The summed E-state index contributed by atoms with van der Waals surface area (Å²) < 4.78 is 18.3. The third-order valence-corrected chi connectivity index (χ3v) is 3.40. The number of aryl methyl sites for hydroxylation is 2. The van der Waals surface area contributed by atoms with Gasteiger partial charge in [0.25, 0.3) is 5.91 Å². The van der Waals surface area contributed by atoms with Gasteiger partial charge in [-0.3, -0.25) is 4.79 Å². The van der Waals surface area contributed by atoms with E-state index in [1.165, 1.54) is 18.2 Å². The first-order valence-corrected chi connectivity index (χ1v) is 7.43. The molecule has 0 aliphatic rings. The summed E-state index contributed by atoms with van der Waals surface area (Å²) in [5.41, 5.74) is 2.83. The van der Waals surface area contributed by atoms with Crippen molar-refractivity contribution in [3.05, 3.63) is 71.0 Å². The molecule has 0 atom stereocenters. The highest BCUT2D eigenvalue weighted by atomic mass is 19.1. The number of hydrogen-bond donors (Lipinski definition) is 1. The molecule has 5 heteroatoms. The number of para-hydroxylation sites is 1. The second-order valence-electron chi connectivity index (χ2n) is 5.28. The number of rotatable bonds is 5. The van der Waals surface area contributed by atoms with E-state index in [-0.39, 0.29) is 5.56 Å². The summed E-state index contributed by atoms with van der Waals surface area (Å²) in [6.07, 6.45) is 2.39. The molecule has 0 radical (unpaired) electrons. The van der Waals surface area contributed by atoms with Crippen LogP contribution in [0.4, 0.5) is 10.1 Å². The van der Waals surface area contributed by atoms with Crippen LogP contribution in [0.25, 0.3) is 6.08 Å². The number of amides is 1. The lowest BCUT2D eigenvalue weighted by Crippen LogP contribution is -2.21. The van der Waals surface area contributed by atoms with Crippen LogP contribution in [0.15, 0.2) is 48.5 Å². The number of carbonyl (C=O) groups is 2. The van der Waals surface area contributed by atoms with Gasteiger partial charge in [0.15, 0.2) is 6.61 Å². The number of carbonyl (C=O) groups excluding carboxylic acids is 2. The highest BCUT2D eigenvalue weighted by Crippen LogP contribution is 2.19. The predicted octanol–water partition coefficient (Wildman–Crippen LogP) is 3.64. The van der Waals surface area contributed by atoms with Crippen molar-refractivity contribution in [3.8, 4) is 0 Å². The zero-order valence-electron chi connectivity index (χ0n) is 13.5. The van der Waals surface area contributed by atoms with E-state index in [2.05, 4.69) is 5.32 Å². The number of halogens is 1. The summed E-state index contributed by atoms with van der Waals surface area (Å²) in [5, 5.41) is 2.72. The summed E-state index contributed by atoms with van der Waals surface area (Å²) in [5.74, 6) is -1.58. The molecule has 0 aliphatic heterocycles. The Labute approximate surface area is 140 Å². The normalized spacial score (nSPS) is 10.6. The molecule has 0 saturated carbocycles. The van der Waals surface area contributed by atoms with Crippen LogP contribution in [0, 0.1) is 19.7 Å². The third kappa shape index (κ3) is 4.78. The topological polar surface area (TPSA) is 55.4 Å². The van der Waals surface area contributed by atoms with E-state index in [0.29, 0.717) is 5.69 Å². The van der Waals surface area contributed by atoms with Gasteiger partial charge in [-0.15, -0.1) is 0 Å². The molecule has 0 heterocycles. The molecule has 124 valence electrons. The highest BCUT2D eigenvalue weighted by Gasteiger charge is 2.09. The van der Waals surface area contributed by atoms with E-state index in [4.69, 9.17) is 4.74 Å². The smallest absolute Gasteiger partial charge is 0.331 e. The fourth-order valence-corrected chi connectivity index (χ4v) is 2.14. The fourth-order valence-electron chi connectivity index (χ4n) is 2.14. The molecule has 0 spiro atoms. The molecule has 4 nitrogen and oxygen atoms in total. The summed E-state index contributed by atoms with van der Waals surface area (Å²) >= 11 is 0. The van der Waals surface area contributed by atoms with Gasteiger partial charge in [-0.1, -0.05) is 36.4 Å². The van der Waals surface area contributed by atoms with Crippen LogP contribution in [-0.2, 0) is 14.3 Å². The quantitative estimate of drug-likeness (QED) is 0.674. The lowest BCUT2D eigenvalue weighted by Gasteiger charge is -2.11. The maximum atomic E-state index is 13.4. The average molecular weight is 327 g/mol. The molecule has 1 amide bonds. The minimum absolute atomic E-state index is 0.273. The molecule has 0 aromatic heterocycles. The van der Waals surface area contributed by atoms with Crippen molar-refractivity contribution in [1.29, 1.82) is 0 Å². The van der Waals surface area contributed by atoms with Gasteiger partial charge in [0.2, 0.25) is 0 Å². The van der Waals surface area contributed by atoms with Gasteiger partial charge in [0.1, 0.15) is 5.82 Å². The van der Waals surface area contributed by atoms with Gasteiger partial charge in [0, 0.05) is 17.3 Å². The van der Waals surface area contributed by atoms with Crippen LogP contribution in [0.3, 0.4) is 0 Å². The number of hydrogen-bond acceptors (Lipinski definition) is 3. The molecule has 0 bridgehead atoms. The zero-order valence-corrected chi connectivity index (χ0v) is 13.5. The van der Waals surface area contributed by atoms with Gasteiger partial charge in [-0.2, -0.15) is 0 Å². The van der Waals surface area contributed by atoms with Crippen molar-refractivity contribution in [2.24, 2.45) is 0 Å². The second kappa shape index (κ2) is 8.06. The van der Waals surface area contributed by atoms with E-state index in [0.717, 1.165) is 17.2 Å². The molecule has 0 fully saturated rings. The molecule has 0 unspecified atom stereocenters. The van der Waals surface area contributed by atoms with Crippen LogP contribution >= 0.6 is 0 Å². The van der Waals surface area contributed by atoms with Gasteiger partial charge >= 0.3 is 5.97 Å². The zero-order chi connectivity index (χ0) is 17.5. The van der Waals surface area contributed by atoms with E-state index in [9.17, 15) is 14.0 Å². The second-order valence-corrected chi connectivity index (χ2v) is 5.28. The van der Waals surface area contributed by atoms with Crippen molar-refractivity contribution < 1.29 is 18.7 Å². The molecular formula is C19H18FNO3. The SMILES string of the molecule is Cc1cccc(C)c1NC(=O)COC(=O)C=Cc1ccccc1F. The van der Waals surface area contributed by atoms with E-state index < -0.39 is 24.3 Å². The molecule has 2 rings (SSSR count). The van der Waals surface area contributed by atoms with Gasteiger partial charge in [0.05, 0.1) is 0 Å².